The molecule has 1 unspecified atom stereocenters. The average Bonchev–Trinajstić information content (AvgIpc) is 2.28. The molecule has 3 nitrogen and oxygen atoms in total. The Kier molecular flexibility index (Phi) is 5.77. The summed E-state index contributed by atoms with van der Waals surface area (Å²) < 4.78 is 0. The summed E-state index contributed by atoms with van der Waals surface area (Å²) in [6.07, 6.45) is 0.168. The van der Waals surface area contributed by atoms with Gasteiger partial charge in [-0.1, -0.05) is 23.7 Å². The molecule has 0 aliphatic rings. The van der Waals surface area contributed by atoms with Crippen LogP contribution in [0.2, 0.25) is 5.02 Å². The van der Waals surface area contributed by atoms with Gasteiger partial charge in [0.15, 0.2) is 0 Å². The van der Waals surface area contributed by atoms with E-state index < -0.39 is 6.10 Å². The summed E-state index contributed by atoms with van der Waals surface area (Å²) in [5.74, 6) is 0. The van der Waals surface area contributed by atoms with Crippen molar-refractivity contribution in [2.45, 2.75) is 19.4 Å². The molecule has 1 aromatic rings. The topological polar surface area (TPSA) is 52.5 Å². The Morgan fingerprint density at radius 3 is 2.81 bits per heavy atom. The number of halogens is 1. The predicted molar refractivity (Wildman–Crippen MR) is 65.7 cm³/mol. The number of nitrogens with one attached hydrogen (secondary N) is 1. The van der Waals surface area contributed by atoms with Gasteiger partial charge in [0.1, 0.15) is 0 Å². The van der Waals surface area contributed by atoms with E-state index in [1.54, 1.807) is 6.07 Å². The second-order valence-corrected chi connectivity index (χ2v) is 4.21. The van der Waals surface area contributed by atoms with Crippen molar-refractivity contribution in [3.05, 3.63) is 34.3 Å². The molecule has 0 saturated heterocycles. The molecular formula is C12H18ClNO2. The van der Waals surface area contributed by atoms with Gasteiger partial charge in [-0.2, -0.15) is 0 Å². The number of aliphatic hydroxyl groups excluding tert-OH is 2. The molecule has 0 spiro atoms. The fraction of sp³-hybridized carbons (Fsp3) is 0.500. The highest BCUT2D eigenvalue weighted by atomic mass is 35.5. The number of benzene rings is 1. The largest absolute Gasteiger partial charge is 0.396 e. The number of hydrogen-bond donors (Lipinski definition) is 3. The van der Waals surface area contributed by atoms with Crippen LogP contribution in [0.5, 0.6) is 0 Å². The molecule has 4 heteroatoms. The summed E-state index contributed by atoms with van der Waals surface area (Å²) in [7, 11) is 0. The lowest BCUT2D eigenvalue weighted by molar-refractivity contribution is 0.173. The van der Waals surface area contributed by atoms with E-state index in [9.17, 15) is 5.11 Å². The molecule has 0 aliphatic carbocycles. The van der Waals surface area contributed by atoms with Gasteiger partial charge in [0, 0.05) is 18.2 Å². The van der Waals surface area contributed by atoms with E-state index in [4.69, 9.17) is 16.7 Å². The SMILES string of the molecule is Cc1cc(C(O)CNCCCO)ccc1Cl. The molecule has 90 valence electrons. The molecule has 0 aromatic heterocycles. The summed E-state index contributed by atoms with van der Waals surface area (Å²) in [5.41, 5.74) is 1.83. The normalized spacial score (nSPS) is 12.8. The Labute approximate surface area is 101 Å². The first-order chi connectivity index (χ1) is 7.65. The van der Waals surface area contributed by atoms with Gasteiger partial charge < -0.3 is 15.5 Å². The van der Waals surface area contributed by atoms with Gasteiger partial charge in [-0.05, 0) is 37.1 Å². The fourth-order valence-electron chi connectivity index (χ4n) is 1.44. The lowest BCUT2D eigenvalue weighted by Gasteiger charge is -2.13. The molecule has 0 radical (unpaired) electrons. The van der Waals surface area contributed by atoms with Crippen molar-refractivity contribution in [3.8, 4) is 0 Å². The van der Waals surface area contributed by atoms with Gasteiger partial charge in [-0.25, -0.2) is 0 Å². The molecule has 0 aliphatic heterocycles. The van der Waals surface area contributed by atoms with E-state index in [0.29, 0.717) is 24.5 Å². The highest BCUT2D eigenvalue weighted by Crippen LogP contribution is 2.20. The second kappa shape index (κ2) is 6.86. The van der Waals surface area contributed by atoms with Crippen LogP contribution in [-0.4, -0.2) is 29.9 Å². The van der Waals surface area contributed by atoms with Crippen LogP contribution in [0, 0.1) is 6.92 Å². The molecule has 3 N–H and O–H groups in total. The van der Waals surface area contributed by atoms with Crippen molar-refractivity contribution in [2.75, 3.05) is 19.7 Å². The highest BCUT2D eigenvalue weighted by molar-refractivity contribution is 6.31. The third-order valence-corrected chi connectivity index (χ3v) is 2.84. The third-order valence-electron chi connectivity index (χ3n) is 2.42. The van der Waals surface area contributed by atoms with Crippen molar-refractivity contribution in [3.63, 3.8) is 0 Å². The summed E-state index contributed by atoms with van der Waals surface area (Å²) in [6, 6.07) is 5.51. The highest BCUT2D eigenvalue weighted by Gasteiger charge is 2.07. The summed E-state index contributed by atoms with van der Waals surface area (Å²) in [6.45, 7) is 3.28. The lowest BCUT2D eigenvalue weighted by atomic mass is 10.1. The smallest absolute Gasteiger partial charge is 0.0914 e. The van der Waals surface area contributed by atoms with Gasteiger partial charge in [-0.15, -0.1) is 0 Å². The van der Waals surface area contributed by atoms with Crippen LogP contribution in [0.1, 0.15) is 23.7 Å². The fourth-order valence-corrected chi connectivity index (χ4v) is 1.55. The van der Waals surface area contributed by atoms with Crippen molar-refractivity contribution >= 4 is 11.6 Å². The number of aliphatic hydroxyl groups is 2. The maximum atomic E-state index is 9.87. The Balaban J connectivity index is 2.46. The van der Waals surface area contributed by atoms with Gasteiger partial charge in [0.05, 0.1) is 6.10 Å². The standard InChI is InChI=1S/C12H18ClNO2/c1-9-7-10(3-4-11(9)13)12(16)8-14-5-2-6-15/h3-4,7,12,14-16H,2,5-6,8H2,1H3. The van der Waals surface area contributed by atoms with Crippen molar-refractivity contribution in [1.29, 1.82) is 0 Å². The molecule has 1 atom stereocenters. The summed E-state index contributed by atoms with van der Waals surface area (Å²) >= 11 is 5.91. The zero-order valence-corrected chi connectivity index (χ0v) is 10.2. The van der Waals surface area contributed by atoms with Crippen LogP contribution < -0.4 is 5.32 Å². The maximum absolute atomic E-state index is 9.87. The minimum atomic E-state index is -0.533. The van der Waals surface area contributed by atoms with Crippen molar-refractivity contribution in [1.82, 2.24) is 5.32 Å². The first-order valence-corrected chi connectivity index (χ1v) is 5.78. The molecule has 1 aromatic carbocycles. The molecule has 0 bridgehead atoms. The summed E-state index contributed by atoms with van der Waals surface area (Å²) in [5, 5.41) is 22.3. The number of aryl methyl sites for hydroxylation is 1. The first-order valence-electron chi connectivity index (χ1n) is 5.41. The van der Waals surface area contributed by atoms with Crippen LogP contribution in [0.15, 0.2) is 18.2 Å². The van der Waals surface area contributed by atoms with Gasteiger partial charge in [-0.3, -0.25) is 0 Å². The molecule has 0 amide bonds. The Morgan fingerprint density at radius 1 is 1.44 bits per heavy atom. The molecule has 0 heterocycles. The van der Waals surface area contributed by atoms with Crippen LogP contribution in [-0.2, 0) is 0 Å². The van der Waals surface area contributed by atoms with Gasteiger partial charge in [0.25, 0.3) is 0 Å². The minimum absolute atomic E-state index is 0.170. The molecule has 1 rings (SSSR count). The number of hydrogen-bond acceptors (Lipinski definition) is 3. The van der Waals surface area contributed by atoms with E-state index in [0.717, 1.165) is 11.1 Å². The van der Waals surface area contributed by atoms with Crippen molar-refractivity contribution in [2.24, 2.45) is 0 Å². The maximum Gasteiger partial charge on any atom is 0.0914 e. The molecule has 0 saturated carbocycles. The minimum Gasteiger partial charge on any atom is -0.396 e. The third kappa shape index (κ3) is 4.10. The van der Waals surface area contributed by atoms with Crippen LogP contribution in [0.25, 0.3) is 0 Å². The quantitative estimate of drug-likeness (QED) is 0.666. The predicted octanol–water partition coefficient (Wildman–Crippen LogP) is 1.65. The van der Waals surface area contributed by atoms with Crippen LogP contribution in [0.3, 0.4) is 0 Å². The van der Waals surface area contributed by atoms with Crippen LogP contribution >= 0.6 is 11.6 Å². The zero-order valence-electron chi connectivity index (χ0n) is 9.41. The van der Waals surface area contributed by atoms with E-state index >= 15 is 0 Å². The van der Waals surface area contributed by atoms with E-state index in [1.165, 1.54) is 0 Å². The average molecular weight is 244 g/mol. The Bertz CT molecular complexity index is 331. The zero-order chi connectivity index (χ0) is 12.0. The molecule has 0 fully saturated rings. The number of rotatable bonds is 6. The van der Waals surface area contributed by atoms with Gasteiger partial charge in [0.2, 0.25) is 0 Å². The van der Waals surface area contributed by atoms with Gasteiger partial charge >= 0.3 is 0 Å². The lowest BCUT2D eigenvalue weighted by Crippen LogP contribution is -2.23. The monoisotopic (exact) mass is 243 g/mol. The molecule has 16 heavy (non-hydrogen) atoms. The van der Waals surface area contributed by atoms with E-state index in [2.05, 4.69) is 5.32 Å². The molecular weight excluding hydrogens is 226 g/mol. The van der Waals surface area contributed by atoms with Crippen LogP contribution in [0.4, 0.5) is 0 Å². The van der Waals surface area contributed by atoms with E-state index in [-0.39, 0.29) is 6.61 Å². The summed E-state index contributed by atoms with van der Waals surface area (Å²) in [4.78, 5) is 0. The second-order valence-electron chi connectivity index (χ2n) is 3.81. The Morgan fingerprint density at radius 2 is 2.19 bits per heavy atom. The first kappa shape index (κ1) is 13.5. The van der Waals surface area contributed by atoms with Crippen molar-refractivity contribution < 1.29 is 10.2 Å². The van der Waals surface area contributed by atoms with E-state index in [1.807, 2.05) is 19.1 Å². The Hall–Kier alpha value is -0.610.